The Kier molecular flexibility index (Phi) is 6.12. The molecule has 0 saturated carbocycles. The zero-order chi connectivity index (χ0) is 11.1. The van der Waals surface area contributed by atoms with Crippen molar-refractivity contribution in [3.8, 4) is 0 Å². The fourth-order valence-corrected chi connectivity index (χ4v) is 1.16. The summed E-state index contributed by atoms with van der Waals surface area (Å²) in [7, 11) is 1.75. The third-order valence-electron chi connectivity index (χ3n) is 1.88. The molecule has 14 heavy (non-hydrogen) atoms. The highest BCUT2D eigenvalue weighted by molar-refractivity contribution is 5.87. The molecule has 0 heterocycles. The Bertz CT molecular complexity index is 202. The molecule has 4 heteroatoms. The van der Waals surface area contributed by atoms with E-state index in [1.165, 1.54) is 6.92 Å². The molecule has 2 N–H and O–H groups in total. The molecule has 0 fully saturated rings. The van der Waals surface area contributed by atoms with Crippen molar-refractivity contribution >= 4 is 11.7 Å². The van der Waals surface area contributed by atoms with Crippen molar-refractivity contribution in [2.24, 2.45) is 5.92 Å². The molecule has 0 aliphatic carbocycles. The van der Waals surface area contributed by atoms with E-state index in [-0.39, 0.29) is 24.3 Å². The van der Waals surface area contributed by atoms with Gasteiger partial charge < -0.3 is 10.6 Å². The lowest BCUT2D eigenvalue weighted by Crippen LogP contribution is -2.44. The average Bonchev–Trinajstić information content (AvgIpc) is 2.09. The van der Waals surface area contributed by atoms with Gasteiger partial charge in [0.2, 0.25) is 5.91 Å². The van der Waals surface area contributed by atoms with E-state index in [4.69, 9.17) is 0 Å². The number of carbonyl (C=O) groups is 2. The molecule has 0 saturated heterocycles. The highest BCUT2D eigenvalue weighted by Crippen LogP contribution is 2.03. The first-order valence-electron chi connectivity index (χ1n) is 4.91. The van der Waals surface area contributed by atoms with Crippen LogP contribution >= 0.6 is 0 Å². The molecule has 4 nitrogen and oxygen atoms in total. The maximum Gasteiger partial charge on any atom is 0.237 e. The number of carbonyl (C=O) groups excluding carboxylic acids is 2. The number of nitrogens with one attached hydrogen (secondary N) is 2. The van der Waals surface area contributed by atoms with E-state index in [0.717, 1.165) is 6.42 Å². The zero-order valence-corrected chi connectivity index (χ0v) is 9.39. The summed E-state index contributed by atoms with van der Waals surface area (Å²) in [5.74, 6) is 0.324. The summed E-state index contributed by atoms with van der Waals surface area (Å²) in [5.41, 5.74) is 0. The average molecular weight is 200 g/mol. The van der Waals surface area contributed by atoms with Crippen molar-refractivity contribution < 1.29 is 9.59 Å². The summed E-state index contributed by atoms with van der Waals surface area (Å²) >= 11 is 0. The normalized spacial score (nSPS) is 12.6. The van der Waals surface area contributed by atoms with Crippen LogP contribution < -0.4 is 10.6 Å². The standard InChI is InChI=1S/C10H20N2O2/c1-7(2)5-9(11-4)10(14)12-6-8(3)13/h7,9,11H,5-6H2,1-4H3,(H,12,14)/t9-/m0/s1. The molecular weight excluding hydrogens is 180 g/mol. The van der Waals surface area contributed by atoms with Gasteiger partial charge in [0.1, 0.15) is 5.78 Å². The molecule has 0 unspecified atom stereocenters. The van der Waals surface area contributed by atoms with E-state index in [1.54, 1.807) is 7.05 Å². The minimum atomic E-state index is -0.200. The van der Waals surface area contributed by atoms with Gasteiger partial charge in [-0.3, -0.25) is 9.59 Å². The lowest BCUT2D eigenvalue weighted by atomic mass is 10.0. The van der Waals surface area contributed by atoms with Crippen LogP contribution in [0, 0.1) is 5.92 Å². The van der Waals surface area contributed by atoms with Gasteiger partial charge in [0, 0.05) is 0 Å². The third-order valence-corrected chi connectivity index (χ3v) is 1.88. The summed E-state index contributed by atoms with van der Waals surface area (Å²) in [5, 5.41) is 5.52. The van der Waals surface area contributed by atoms with Crippen LogP contribution in [0.2, 0.25) is 0 Å². The Labute approximate surface area is 85.4 Å². The van der Waals surface area contributed by atoms with Crippen LogP contribution in [-0.2, 0) is 9.59 Å². The number of hydrogen-bond acceptors (Lipinski definition) is 3. The number of Topliss-reactive ketones (excluding diaryl/α,β-unsaturated/α-hetero) is 1. The van der Waals surface area contributed by atoms with E-state index < -0.39 is 0 Å². The minimum absolute atomic E-state index is 0.0299. The number of ketones is 1. The van der Waals surface area contributed by atoms with Crippen LogP contribution in [0.5, 0.6) is 0 Å². The van der Waals surface area contributed by atoms with Gasteiger partial charge >= 0.3 is 0 Å². The van der Waals surface area contributed by atoms with Crippen molar-refractivity contribution in [1.29, 1.82) is 0 Å². The smallest absolute Gasteiger partial charge is 0.237 e. The summed E-state index contributed by atoms with van der Waals surface area (Å²) in [6, 6.07) is -0.200. The molecule has 1 atom stereocenters. The van der Waals surface area contributed by atoms with E-state index in [9.17, 15) is 9.59 Å². The maximum atomic E-state index is 11.5. The number of likely N-dealkylation sites (N-methyl/N-ethyl adjacent to an activating group) is 1. The second-order valence-electron chi connectivity index (χ2n) is 3.89. The molecule has 0 bridgehead atoms. The summed E-state index contributed by atoms with van der Waals surface area (Å²) in [6.07, 6.45) is 0.778. The van der Waals surface area contributed by atoms with Crippen molar-refractivity contribution in [1.82, 2.24) is 10.6 Å². The molecular formula is C10H20N2O2. The Hall–Kier alpha value is -0.900. The first-order chi connectivity index (χ1) is 6.47. The molecule has 0 aliphatic rings. The summed E-state index contributed by atoms with van der Waals surface area (Å²) < 4.78 is 0. The summed E-state index contributed by atoms with van der Waals surface area (Å²) in [4.78, 5) is 22.1. The zero-order valence-electron chi connectivity index (χ0n) is 9.39. The monoisotopic (exact) mass is 200 g/mol. The fourth-order valence-electron chi connectivity index (χ4n) is 1.16. The van der Waals surface area contributed by atoms with Gasteiger partial charge in [-0.1, -0.05) is 13.8 Å². The van der Waals surface area contributed by atoms with Gasteiger partial charge in [0.05, 0.1) is 12.6 Å². The van der Waals surface area contributed by atoms with Crippen molar-refractivity contribution in [2.75, 3.05) is 13.6 Å². The van der Waals surface area contributed by atoms with Crippen LogP contribution in [0.3, 0.4) is 0 Å². The topological polar surface area (TPSA) is 58.2 Å². The molecule has 0 aliphatic heterocycles. The van der Waals surface area contributed by atoms with Gasteiger partial charge in [0.25, 0.3) is 0 Å². The van der Waals surface area contributed by atoms with Crippen LogP contribution in [0.1, 0.15) is 27.2 Å². The SMILES string of the molecule is CN[C@@H](CC(C)C)C(=O)NCC(C)=O. The molecule has 0 aromatic carbocycles. The molecule has 0 radical (unpaired) electrons. The third kappa shape index (κ3) is 5.70. The molecule has 0 rings (SSSR count). The highest BCUT2D eigenvalue weighted by atomic mass is 16.2. The van der Waals surface area contributed by atoms with Crippen LogP contribution in [-0.4, -0.2) is 31.3 Å². The Balaban J connectivity index is 3.97. The molecule has 0 aromatic heterocycles. The van der Waals surface area contributed by atoms with Gasteiger partial charge in [-0.15, -0.1) is 0 Å². The summed E-state index contributed by atoms with van der Waals surface area (Å²) in [6.45, 7) is 5.69. The van der Waals surface area contributed by atoms with Gasteiger partial charge in [-0.25, -0.2) is 0 Å². The minimum Gasteiger partial charge on any atom is -0.348 e. The predicted molar refractivity (Wildman–Crippen MR) is 56.0 cm³/mol. The first-order valence-corrected chi connectivity index (χ1v) is 4.91. The predicted octanol–water partition coefficient (Wildman–Crippen LogP) is 0.326. The number of amides is 1. The lowest BCUT2D eigenvalue weighted by Gasteiger charge is -2.17. The van der Waals surface area contributed by atoms with Gasteiger partial charge in [-0.2, -0.15) is 0 Å². The van der Waals surface area contributed by atoms with Crippen LogP contribution in [0.25, 0.3) is 0 Å². The van der Waals surface area contributed by atoms with E-state index in [2.05, 4.69) is 24.5 Å². The Morgan fingerprint density at radius 2 is 1.86 bits per heavy atom. The van der Waals surface area contributed by atoms with E-state index in [0.29, 0.717) is 5.92 Å². The number of hydrogen-bond donors (Lipinski definition) is 2. The lowest BCUT2D eigenvalue weighted by molar-refractivity contribution is -0.126. The molecule has 1 amide bonds. The first kappa shape index (κ1) is 13.1. The van der Waals surface area contributed by atoms with Crippen molar-refractivity contribution in [2.45, 2.75) is 33.2 Å². The Morgan fingerprint density at radius 1 is 1.29 bits per heavy atom. The quantitative estimate of drug-likeness (QED) is 0.649. The van der Waals surface area contributed by atoms with Gasteiger partial charge in [0.15, 0.2) is 0 Å². The van der Waals surface area contributed by atoms with Crippen LogP contribution in [0.4, 0.5) is 0 Å². The number of rotatable bonds is 6. The highest BCUT2D eigenvalue weighted by Gasteiger charge is 2.17. The van der Waals surface area contributed by atoms with Crippen LogP contribution in [0.15, 0.2) is 0 Å². The fraction of sp³-hybridized carbons (Fsp3) is 0.800. The molecule has 0 aromatic rings. The van der Waals surface area contributed by atoms with Crippen molar-refractivity contribution in [3.05, 3.63) is 0 Å². The largest absolute Gasteiger partial charge is 0.348 e. The maximum absolute atomic E-state index is 11.5. The van der Waals surface area contributed by atoms with E-state index in [1.807, 2.05) is 0 Å². The van der Waals surface area contributed by atoms with Crippen molar-refractivity contribution in [3.63, 3.8) is 0 Å². The Morgan fingerprint density at radius 3 is 2.21 bits per heavy atom. The molecule has 0 spiro atoms. The van der Waals surface area contributed by atoms with Gasteiger partial charge in [-0.05, 0) is 26.3 Å². The molecule has 82 valence electrons. The second kappa shape index (κ2) is 6.54. The second-order valence-corrected chi connectivity index (χ2v) is 3.89. The van der Waals surface area contributed by atoms with E-state index >= 15 is 0 Å².